The number of alkyl halides is 3. The molecular weight excluding hydrogens is 259 g/mol. The molecule has 108 valence electrons. The fraction of sp³-hybridized carbons (Fsp3) is 0.667. The molecule has 1 unspecified atom stereocenters. The van der Waals surface area contributed by atoms with Crippen LogP contribution in [0.3, 0.4) is 0 Å². The first-order chi connectivity index (χ1) is 8.86. The molecule has 0 aliphatic heterocycles. The van der Waals surface area contributed by atoms with Gasteiger partial charge in [-0.15, -0.1) is 0 Å². The van der Waals surface area contributed by atoms with Gasteiger partial charge in [0.25, 0.3) is 0 Å². The fourth-order valence-corrected chi connectivity index (χ4v) is 1.24. The molecule has 0 amide bonds. The lowest BCUT2D eigenvalue weighted by molar-refractivity contribution is -0.141. The van der Waals surface area contributed by atoms with E-state index in [4.69, 9.17) is 4.74 Å². The molecule has 4 nitrogen and oxygen atoms in total. The van der Waals surface area contributed by atoms with Gasteiger partial charge in [0, 0.05) is 12.6 Å². The van der Waals surface area contributed by atoms with Crippen LogP contribution in [0.2, 0.25) is 0 Å². The highest BCUT2D eigenvalue weighted by molar-refractivity contribution is 5.32. The number of nitrogens with one attached hydrogen (secondary N) is 1. The van der Waals surface area contributed by atoms with Crippen molar-refractivity contribution in [2.24, 2.45) is 0 Å². The molecule has 0 spiro atoms. The van der Waals surface area contributed by atoms with E-state index in [1.54, 1.807) is 6.92 Å². The van der Waals surface area contributed by atoms with E-state index >= 15 is 0 Å². The Morgan fingerprint density at radius 3 is 2.53 bits per heavy atom. The summed E-state index contributed by atoms with van der Waals surface area (Å²) in [5, 5.41) is 2.74. The molecule has 1 aromatic rings. The summed E-state index contributed by atoms with van der Waals surface area (Å²) in [6.45, 7) is 6.06. The molecule has 0 aliphatic rings. The summed E-state index contributed by atoms with van der Waals surface area (Å²) >= 11 is 0. The minimum atomic E-state index is -4.51. The lowest BCUT2D eigenvalue weighted by Gasteiger charge is -2.15. The van der Waals surface area contributed by atoms with Crippen molar-refractivity contribution < 1.29 is 17.9 Å². The van der Waals surface area contributed by atoms with Crippen molar-refractivity contribution in [2.45, 2.75) is 45.9 Å². The van der Waals surface area contributed by atoms with Crippen molar-refractivity contribution in [1.29, 1.82) is 0 Å². The van der Waals surface area contributed by atoms with Crippen molar-refractivity contribution in [1.82, 2.24) is 9.97 Å². The minimum absolute atomic E-state index is 0.0599. The minimum Gasteiger partial charge on any atom is -0.475 e. The van der Waals surface area contributed by atoms with Crippen LogP contribution in [0.1, 0.15) is 39.3 Å². The van der Waals surface area contributed by atoms with Crippen LogP contribution in [0, 0.1) is 0 Å². The first-order valence-corrected chi connectivity index (χ1v) is 6.23. The molecule has 1 heterocycles. The second-order valence-electron chi connectivity index (χ2n) is 4.18. The van der Waals surface area contributed by atoms with Crippen LogP contribution in [0.5, 0.6) is 5.88 Å². The van der Waals surface area contributed by atoms with E-state index in [-0.39, 0.29) is 17.9 Å². The lowest BCUT2D eigenvalue weighted by Crippen LogP contribution is -2.16. The Bertz CT molecular complexity index is 410. The molecule has 0 radical (unpaired) electrons. The summed E-state index contributed by atoms with van der Waals surface area (Å²) in [5.74, 6) is -0.120. The molecule has 0 fully saturated rings. The first kappa shape index (κ1) is 15.5. The SMILES string of the molecule is CCCNc1nc(OC(C)CC)cc(C(F)(F)F)n1. The number of nitrogens with zero attached hydrogens (tertiary/aromatic N) is 2. The predicted molar refractivity (Wildman–Crippen MR) is 66.2 cm³/mol. The molecular formula is C12H18F3N3O. The zero-order valence-electron chi connectivity index (χ0n) is 11.2. The molecule has 7 heteroatoms. The van der Waals surface area contributed by atoms with Gasteiger partial charge in [-0.05, 0) is 19.8 Å². The Morgan fingerprint density at radius 1 is 1.32 bits per heavy atom. The van der Waals surface area contributed by atoms with Gasteiger partial charge in [0.15, 0.2) is 5.69 Å². The molecule has 0 aromatic carbocycles. The Morgan fingerprint density at radius 2 is 2.00 bits per heavy atom. The second-order valence-corrected chi connectivity index (χ2v) is 4.18. The summed E-state index contributed by atoms with van der Waals surface area (Å²) in [4.78, 5) is 7.38. The zero-order valence-corrected chi connectivity index (χ0v) is 11.2. The van der Waals surface area contributed by atoms with Gasteiger partial charge in [0.05, 0.1) is 6.10 Å². The topological polar surface area (TPSA) is 47.0 Å². The van der Waals surface area contributed by atoms with Crippen molar-refractivity contribution in [3.63, 3.8) is 0 Å². The average Bonchev–Trinajstić information content (AvgIpc) is 2.34. The van der Waals surface area contributed by atoms with Gasteiger partial charge in [0.1, 0.15) is 0 Å². The monoisotopic (exact) mass is 277 g/mol. The standard InChI is InChI=1S/C12H18F3N3O/c1-4-6-16-11-17-9(12(13,14)15)7-10(18-11)19-8(3)5-2/h7-8H,4-6H2,1-3H3,(H,16,17,18). The number of ether oxygens (including phenoxy) is 1. The van der Waals surface area contributed by atoms with Gasteiger partial charge < -0.3 is 10.1 Å². The molecule has 0 bridgehead atoms. The van der Waals surface area contributed by atoms with Gasteiger partial charge in [0.2, 0.25) is 11.8 Å². The van der Waals surface area contributed by atoms with E-state index in [1.165, 1.54) is 0 Å². The quantitative estimate of drug-likeness (QED) is 0.864. The summed E-state index contributed by atoms with van der Waals surface area (Å²) in [7, 11) is 0. The van der Waals surface area contributed by atoms with E-state index in [1.807, 2.05) is 13.8 Å². The number of anilines is 1. The molecule has 1 N–H and O–H groups in total. The maximum atomic E-state index is 12.7. The van der Waals surface area contributed by atoms with Crippen LogP contribution >= 0.6 is 0 Å². The summed E-state index contributed by atoms with van der Waals surface area (Å²) < 4.78 is 43.5. The highest BCUT2D eigenvalue weighted by atomic mass is 19.4. The Balaban J connectivity index is 3.02. The van der Waals surface area contributed by atoms with Gasteiger partial charge in [-0.3, -0.25) is 0 Å². The molecule has 0 saturated carbocycles. The zero-order chi connectivity index (χ0) is 14.5. The number of halogens is 3. The van der Waals surface area contributed by atoms with E-state index in [9.17, 15) is 13.2 Å². The van der Waals surface area contributed by atoms with Crippen molar-refractivity contribution in [2.75, 3.05) is 11.9 Å². The number of rotatable bonds is 6. The maximum absolute atomic E-state index is 12.7. The van der Waals surface area contributed by atoms with E-state index < -0.39 is 11.9 Å². The Hall–Kier alpha value is -1.53. The second kappa shape index (κ2) is 6.58. The number of hydrogen-bond donors (Lipinski definition) is 1. The van der Waals surface area contributed by atoms with Gasteiger partial charge in [-0.2, -0.15) is 18.2 Å². The average molecular weight is 277 g/mol. The molecule has 19 heavy (non-hydrogen) atoms. The van der Waals surface area contributed by atoms with Crippen molar-refractivity contribution in [3.05, 3.63) is 11.8 Å². The van der Waals surface area contributed by atoms with Crippen molar-refractivity contribution >= 4 is 5.95 Å². The predicted octanol–water partition coefficient (Wildman–Crippen LogP) is 3.49. The molecule has 0 aliphatic carbocycles. The maximum Gasteiger partial charge on any atom is 0.433 e. The van der Waals surface area contributed by atoms with E-state index in [0.29, 0.717) is 13.0 Å². The third-order valence-electron chi connectivity index (χ3n) is 2.42. The summed E-state index contributed by atoms with van der Waals surface area (Å²) in [6.07, 6.45) is -3.27. The lowest BCUT2D eigenvalue weighted by atomic mass is 10.3. The highest BCUT2D eigenvalue weighted by Gasteiger charge is 2.34. The van der Waals surface area contributed by atoms with Gasteiger partial charge in [-0.1, -0.05) is 13.8 Å². The number of hydrogen-bond acceptors (Lipinski definition) is 4. The molecule has 0 saturated heterocycles. The van der Waals surface area contributed by atoms with Crippen LogP contribution in [0.15, 0.2) is 6.07 Å². The Kier molecular flexibility index (Phi) is 5.38. The van der Waals surface area contributed by atoms with Gasteiger partial charge in [-0.25, -0.2) is 4.98 Å². The highest BCUT2D eigenvalue weighted by Crippen LogP contribution is 2.30. The van der Waals surface area contributed by atoms with E-state index in [0.717, 1.165) is 12.5 Å². The first-order valence-electron chi connectivity index (χ1n) is 6.23. The largest absolute Gasteiger partial charge is 0.475 e. The smallest absolute Gasteiger partial charge is 0.433 e. The Labute approximate surface area is 110 Å². The third-order valence-corrected chi connectivity index (χ3v) is 2.42. The molecule has 1 rings (SSSR count). The van der Waals surface area contributed by atoms with Gasteiger partial charge >= 0.3 is 6.18 Å². The molecule has 1 aromatic heterocycles. The summed E-state index contributed by atoms with van der Waals surface area (Å²) in [5.41, 5.74) is -1.00. The summed E-state index contributed by atoms with van der Waals surface area (Å²) in [6, 6.07) is 0.823. The third kappa shape index (κ3) is 4.92. The van der Waals surface area contributed by atoms with Crippen LogP contribution in [-0.4, -0.2) is 22.6 Å². The van der Waals surface area contributed by atoms with Crippen molar-refractivity contribution in [3.8, 4) is 5.88 Å². The van der Waals surface area contributed by atoms with Crippen LogP contribution in [0.25, 0.3) is 0 Å². The van der Waals surface area contributed by atoms with Crippen LogP contribution in [-0.2, 0) is 6.18 Å². The van der Waals surface area contributed by atoms with Crippen LogP contribution in [0.4, 0.5) is 19.1 Å². The van der Waals surface area contributed by atoms with Crippen LogP contribution < -0.4 is 10.1 Å². The normalized spacial score (nSPS) is 13.2. The number of aromatic nitrogens is 2. The molecule has 1 atom stereocenters. The van der Waals surface area contributed by atoms with E-state index in [2.05, 4.69) is 15.3 Å². The fourth-order valence-electron chi connectivity index (χ4n) is 1.24.